The first-order chi connectivity index (χ1) is 9.11. The molecule has 1 saturated heterocycles. The number of aliphatic hydroxyl groups is 1. The molecule has 1 heterocycles. The molecule has 1 fully saturated rings. The predicted molar refractivity (Wildman–Crippen MR) is 76.2 cm³/mol. The highest BCUT2D eigenvalue weighted by Crippen LogP contribution is 2.23. The van der Waals surface area contributed by atoms with Crippen molar-refractivity contribution in [1.29, 1.82) is 0 Å². The lowest BCUT2D eigenvalue weighted by atomic mass is 9.93. The van der Waals surface area contributed by atoms with Gasteiger partial charge in [0.05, 0.1) is 12.7 Å². The Hall–Kier alpha value is -0.870. The van der Waals surface area contributed by atoms with Gasteiger partial charge >= 0.3 is 0 Å². The summed E-state index contributed by atoms with van der Waals surface area (Å²) >= 11 is 5.83. The molecule has 0 saturated carbocycles. The van der Waals surface area contributed by atoms with Gasteiger partial charge in [0.1, 0.15) is 12.2 Å². The molecule has 1 N–H and O–H groups in total. The first-order valence-corrected chi connectivity index (χ1v) is 6.76. The van der Waals surface area contributed by atoms with E-state index < -0.39 is 6.10 Å². The van der Waals surface area contributed by atoms with Crippen LogP contribution in [0.2, 0.25) is 5.02 Å². The fourth-order valence-electron chi connectivity index (χ4n) is 2.30. The zero-order valence-electron chi connectivity index (χ0n) is 11.1. The van der Waals surface area contributed by atoms with Crippen LogP contribution in [-0.2, 0) is 9.47 Å². The van der Waals surface area contributed by atoms with Crippen LogP contribution in [0.1, 0.15) is 12.5 Å². The summed E-state index contributed by atoms with van der Waals surface area (Å²) in [4.78, 5) is 0. The molecule has 0 unspecified atom stereocenters. The Morgan fingerprint density at radius 3 is 2.68 bits per heavy atom. The molecule has 0 amide bonds. The fourth-order valence-corrected chi connectivity index (χ4v) is 2.43. The highest BCUT2D eigenvalue weighted by Gasteiger charge is 2.36. The summed E-state index contributed by atoms with van der Waals surface area (Å²) < 4.78 is 11.0. The molecule has 1 aromatic carbocycles. The van der Waals surface area contributed by atoms with E-state index in [1.807, 2.05) is 43.3 Å². The lowest BCUT2D eigenvalue weighted by molar-refractivity contribution is -0.154. The molecule has 1 aliphatic heterocycles. The topological polar surface area (TPSA) is 38.7 Å². The van der Waals surface area contributed by atoms with E-state index in [-0.39, 0.29) is 18.1 Å². The third-order valence-electron chi connectivity index (χ3n) is 3.41. The van der Waals surface area contributed by atoms with Gasteiger partial charge in [-0.15, -0.1) is 0 Å². The van der Waals surface area contributed by atoms with Gasteiger partial charge in [-0.1, -0.05) is 42.8 Å². The van der Waals surface area contributed by atoms with Crippen LogP contribution in [0, 0.1) is 5.92 Å². The maximum atomic E-state index is 10.2. The van der Waals surface area contributed by atoms with E-state index in [1.165, 1.54) is 0 Å². The Kier molecular flexibility index (Phi) is 4.99. The Bertz CT molecular complexity index is 430. The minimum atomic E-state index is -0.641. The Labute approximate surface area is 118 Å². The molecule has 1 aliphatic rings. The fraction of sp³-hybridized carbons (Fsp3) is 0.467. The number of ether oxygens (including phenoxy) is 2. The molecule has 0 aromatic heterocycles. The van der Waals surface area contributed by atoms with Gasteiger partial charge in [-0.05, 0) is 17.7 Å². The minimum absolute atomic E-state index is 0.186. The summed E-state index contributed by atoms with van der Waals surface area (Å²) in [6.45, 7) is 2.60. The quantitative estimate of drug-likeness (QED) is 0.926. The van der Waals surface area contributed by atoms with Gasteiger partial charge in [-0.25, -0.2) is 0 Å². The Morgan fingerprint density at radius 1 is 1.37 bits per heavy atom. The van der Waals surface area contributed by atoms with E-state index in [2.05, 4.69) is 0 Å². The van der Waals surface area contributed by atoms with E-state index in [4.69, 9.17) is 21.1 Å². The van der Waals surface area contributed by atoms with E-state index in [9.17, 15) is 5.11 Å². The molecule has 4 atom stereocenters. The van der Waals surface area contributed by atoms with Crippen LogP contribution in [0.4, 0.5) is 0 Å². The van der Waals surface area contributed by atoms with Crippen LogP contribution in [-0.4, -0.2) is 37.1 Å². The van der Waals surface area contributed by atoms with Gasteiger partial charge in [0.2, 0.25) is 0 Å². The van der Waals surface area contributed by atoms with Gasteiger partial charge in [-0.2, -0.15) is 0 Å². The number of methoxy groups -OCH3 is 1. The number of hydrogen-bond donors (Lipinski definition) is 1. The third kappa shape index (κ3) is 3.57. The summed E-state index contributed by atoms with van der Waals surface area (Å²) in [6, 6.07) is 7.51. The van der Waals surface area contributed by atoms with Crippen molar-refractivity contribution in [2.75, 3.05) is 13.7 Å². The van der Waals surface area contributed by atoms with Crippen LogP contribution in [0.25, 0.3) is 6.08 Å². The molecule has 0 radical (unpaired) electrons. The summed E-state index contributed by atoms with van der Waals surface area (Å²) in [5.74, 6) is 0.195. The van der Waals surface area contributed by atoms with Crippen molar-refractivity contribution < 1.29 is 14.6 Å². The number of benzene rings is 1. The van der Waals surface area contributed by atoms with Crippen molar-refractivity contribution in [2.45, 2.75) is 25.2 Å². The Morgan fingerprint density at radius 2 is 2.05 bits per heavy atom. The summed E-state index contributed by atoms with van der Waals surface area (Å²) in [6.07, 6.45) is 2.63. The monoisotopic (exact) mass is 282 g/mol. The van der Waals surface area contributed by atoms with E-state index >= 15 is 0 Å². The van der Waals surface area contributed by atoms with E-state index in [0.29, 0.717) is 11.6 Å². The SMILES string of the molecule is CO[C@@H]1[C@@H](O)[C@H](C=Cc2ccc(Cl)cc2)OC[C@@H]1C. The first kappa shape index (κ1) is 14.5. The van der Waals surface area contributed by atoms with Crippen LogP contribution < -0.4 is 0 Å². The average molecular weight is 283 g/mol. The zero-order chi connectivity index (χ0) is 13.8. The summed E-state index contributed by atoms with van der Waals surface area (Å²) in [5.41, 5.74) is 1.02. The molecule has 19 heavy (non-hydrogen) atoms. The van der Waals surface area contributed by atoms with E-state index in [0.717, 1.165) is 5.56 Å². The van der Waals surface area contributed by atoms with Crippen LogP contribution in [0.15, 0.2) is 30.3 Å². The molecular formula is C15H19ClO3. The molecule has 4 heteroatoms. The third-order valence-corrected chi connectivity index (χ3v) is 3.66. The van der Waals surface area contributed by atoms with Crippen molar-refractivity contribution in [3.8, 4) is 0 Å². The predicted octanol–water partition coefficient (Wildman–Crippen LogP) is 2.76. The first-order valence-electron chi connectivity index (χ1n) is 6.38. The van der Waals surface area contributed by atoms with Crippen molar-refractivity contribution in [3.63, 3.8) is 0 Å². The smallest absolute Gasteiger partial charge is 0.110 e. The molecule has 0 spiro atoms. The molecule has 0 bridgehead atoms. The van der Waals surface area contributed by atoms with Crippen LogP contribution in [0.3, 0.4) is 0 Å². The number of halogens is 1. The standard InChI is InChI=1S/C15H19ClO3/c1-10-9-19-13(14(17)15(10)18-2)8-5-11-3-6-12(16)7-4-11/h3-8,10,13-15,17H,9H2,1-2H3/t10-,13-,14-,15-/m0/s1. The largest absolute Gasteiger partial charge is 0.387 e. The van der Waals surface area contributed by atoms with Gasteiger partial charge < -0.3 is 14.6 Å². The second-order valence-corrected chi connectivity index (χ2v) is 5.31. The molecular weight excluding hydrogens is 264 g/mol. The number of hydrogen-bond acceptors (Lipinski definition) is 3. The second-order valence-electron chi connectivity index (χ2n) is 4.88. The Balaban J connectivity index is 2.04. The number of rotatable bonds is 3. The second kappa shape index (κ2) is 6.53. The van der Waals surface area contributed by atoms with Crippen molar-refractivity contribution in [1.82, 2.24) is 0 Å². The van der Waals surface area contributed by atoms with Gasteiger partial charge in [0, 0.05) is 18.1 Å². The highest BCUT2D eigenvalue weighted by atomic mass is 35.5. The summed E-state index contributed by atoms with van der Waals surface area (Å²) in [7, 11) is 1.62. The van der Waals surface area contributed by atoms with Crippen molar-refractivity contribution in [3.05, 3.63) is 40.9 Å². The molecule has 3 nitrogen and oxygen atoms in total. The van der Waals surface area contributed by atoms with Gasteiger partial charge in [0.15, 0.2) is 0 Å². The van der Waals surface area contributed by atoms with Gasteiger partial charge in [0.25, 0.3) is 0 Å². The average Bonchev–Trinajstić information content (AvgIpc) is 2.40. The maximum Gasteiger partial charge on any atom is 0.110 e. The van der Waals surface area contributed by atoms with Gasteiger partial charge in [-0.3, -0.25) is 0 Å². The molecule has 2 rings (SSSR count). The van der Waals surface area contributed by atoms with E-state index in [1.54, 1.807) is 7.11 Å². The molecule has 1 aromatic rings. The van der Waals surface area contributed by atoms with Crippen molar-refractivity contribution >= 4 is 17.7 Å². The minimum Gasteiger partial charge on any atom is -0.387 e. The van der Waals surface area contributed by atoms with Crippen LogP contribution >= 0.6 is 11.6 Å². The highest BCUT2D eigenvalue weighted by molar-refractivity contribution is 6.30. The zero-order valence-corrected chi connectivity index (χ0v) is 11.9. The molecule has 0 aliphatic carbocycles. The lowest BCUT2D eigenvalue weighted by Gasteiger charge is -2.36. The normalized spacial score (nSPS) is 31.8. The lowest BCUT2D eigenvalue weighted by Crippen LogP contribution is -2.49. The van der Waals surface area contributed by atoms with Crippen LogP contribution in [0.5, 0.6) is 0 Å². The summed E-state index contributed by atoms with van der Waals surface area (Å²) in [5, 5.41) is 10.9. The maximum absolute atomic E-state index is 10.2. The molecule has 104 valence electrons. The number of aliphatic hydroxyl groups excluding tert-OH is 1. The van der Waals surface area contributed by atoms with Crippen molar-refractivity contribution in [2.24, 2.45) is 5.92 Å².